The molecular formula is C33H34N6O. The molecule has 7 heteroatoms. The topological polar surface area (TPSA) is 77.1 Å². The van der Waals surface area contributed by atoms with Crippen molar-refractivity contribution in [1.29, 1.82) is 0 Å². The van der Waals surface area contributed by atoms with Crippen LogP contribution in [0.5, 0.6) is 0 Å². The Kier molecular flexibility index (Phi) is 6.54. The Bertz CT molecular complexity index is 1680. The number of anilines is 1. The number of likely N-dealkylation sites (N-methyl/N-ethyl adjacent to an activating group) is 1. The number of benzene rings is 3. The summed E-state index contributed by atoms with van der Waals surface area (Å²) in [6.07, 6.45) is 6.39. The second-order valence-electron chi connectivity index (χ2n) is 11.2. The predicted octanol–water partition coefficient (Wildman–Crippen LogP) is 5.66. The average Bonchev–Trinajstić information content (AvgIpc) is 3.48. The minimum atomic E-state index is -0.0933. The van der Waals surface area contributed by atoms with E-state index in [0.717, 1.165) is 78.9 Å². The summed E-state index contributed by atoms with van der Waals surface area (Å²) < 4.78 is 0. The van der Waals surface area contributed by atoms with Crippen molar-refractivity contribution in [3.05, 3.63) is 89.1 Å². The van der Waals surface area contributed by atoms with Gasteiger partial charge in [-0.3, -0.25) is 14.8 Å². The van der Waals surface area contributed by atoms with Gasteiger partial charge in [-0.05, 0) is 85.8 Å². The molecule has 2 aliphatic rings. The zero-order chi connectivity index (χ0) is 27.1. The van der Waals surface area contributed by atoms with Crippen LogP contribution in [0.4, 0.5) is 5.69 Å². The maximum Gasteiger partial charge on any atom is 0.255 e. The van der Waals surface area contributed by atoms with Crippen LogP contribution < -0.4 is 5.32 Å². The van der Waals surface area contributed by atoms with Crippen molar-refractivity contribution in [2.45, 2.75) is 32.2 Å². The highest BCUT2D eigenvalue weighted by molar-refractivity contribution is 6.08. The quantitative estimate of drug-likeness (QED) is 0.307. The van der Waals surface area contributed by atoms with Crippen LogP contribution in [0.25, 0.3) is 33.1 Å². The van der Waals surface area contributed by atoms with Crippen molar-refractivity contribution in [2.24, 2.45) is 0 Å². The van der Waals surface area contributed by atoms with Crippen molar-refractivity contribution in [3.63, 3.8) is 0 Å². The van der Waals surface area contributed by atoms with E-state index < -0.39 is 0 Å². The van der Waals surface area contributed by atoms with Crippen molar-refractivity contribution in [1.82, 2.24) is 25.0 Å². The van der Waals surface area contributed by atoms with E-state index >= 15 is 0 Å². The maximum atomic E-state index is 13.0. The van der Waals surface area contributed by atoms with Gasteiger partial charge in [0.15, 0.2) is 0 Å². The Morgan fingerprint density at radius 2 is 1.65 bits per heavy atom. The second kappa shape index (κ2) is 10.5. The van der Waals surface area contributed by atoms with Crippen LogP contribution in [0.15, 0.2) is 66.9 Å². The normalized spacial score (nSPS) is 16.3. The summed E-state index contributed by atoms with van der Waals surface area (Å²) in [6, 6.07) is 20.3. The number of pyridine rings is 1. The van der Waals surface area contributed by atoms with Crippen LogP contribution in [-0.2, 0) is 19.4 Å². The summed E-state index contributed by atoms with van der Waals surface area (Å²) in [5.41, 5.74) is 9.65. The number of rotatable bonds is 5. The molecule has 1 fully saturated rings. The third kappa shape index (κ3) is 4.76. The van der Waals surface area contributed by atoms with E-state index in [9.17, 15) is 4.79 Å². The SMILES string of the molecule is CN1CCN(Cc2ccc(C(=O)Nc3ccc(-c4nc5ccc6[nH]ncc6c5c5c4CCCC5)cc3)cc2)CC1. The van der Waals surface area contributed by atoms with Crippen LogP contribution in [0.2, 0.25) is 0 Å². The average molecular weight is 531 g/mol. The van der Waals surface area contributed by atoms with Crippen LogP contribution in [0.1, 0.15) is 39.9 Å². The number of carbonyl (C=O) groups excluding carboxylic acids is 1. The molecule has 0 saturated carbocycles. The first kappa shape index (κ1) is 24.9. The van der Waals surface area contributed by atoms with Gasteiger partial charge in [-0.1, -0.05) is 24.3 Å². The van der Waals surface area contributed by atoms with E-state index in [-0.39, 0.29) is 5.91 Å². The number of amides is 1. The summed E-state index contributed by atoms with van der Waals surface area (Å²) >= 11 is 0. The Balaban J connectivity index is 1.09. The zero-order valence-corrected chi connectivity index (χ0v) is 22.9. The molecule has 1 aliphatic carbocycles. The molecule has 3 aromatic carbocycles. The van der Waals surface area contributed by atoms with Crippen LogP contribution in [0.3, 0.4) is 0 Å². The standard InChI is InChI=1S/C33H34N6O/c1-38-16-18-39(19-17-38)21-22-6-8-24(9-7-22)33(40)35-25-12-10-23(11-13-25)32-27-5-3-2-4-26(27)31-28-20-34-37-29(28)14-15-30(31)36-32/h6-15,20H,2-5,16-19,21H2,1H3,(H,34,37)(H,35,40). The van der Waals surface area contributed by atoms with Gasteiger partial charge in [0.05, 0.1) is 22.9 Å². The van der Waals surface area contributed by atoms with Gasteiger partial charge in [0.1, 0.15) is 0 Å². The number of nitrogens with one attached hydrogen (secondary N) is 2. The molecule has 0 bridgehead atoms. The lowest BCUT2D eigenvalue weighted by molar-refractivity contribution is 0.102. The predicted molar refractivity (Wildman–Crippen MR) is 161 cm³/mol. The van der Waals surface area contributed by atoms with Crippen molar-refractivity contribution in [3.8, 4) is 11.3 Å². The van der Waals surface area contributed by atoms with Gasteiger partial charge >= 0.3 is 0 Å². The first-order chi connectivity index (χ1) is 19.6. The van der Waals surface area contributed by atoms with Gasteiger partial charge in [-0.2, -0.15) is 5.10 Å². The van der Waals surface area contributed by atoms with Crippen molar-refractivity contribution in [2.75, 3.05) is 38.5 Å². The molecule has 0 atom stereocenters. The monoisotopic (exact) mass is 530 g/mol. The molecule has 7 rings (SSSR count). The summed E-state index contributed by atoms with van der Waals surface area (Å²) in [5.74, 6) is -0.0933. The van der Waals surface area contributed by atoms with E-state index in [2.05, 4.69) is 68.8 Å². The van der Waals surface area contributed by atoms with Crippen LogP contribution in [0, 0.1) is 0 Å². The fourth-order valence-electron chi connectivity index (χ4n) is 6.23. The number of aromatic amines is 1. The first-order valence-corrected chi connectivity index (χ1v) is 14.3. The molecule has 40 heavy (non-hydrogen) atoms. The highest BCUT2D eigenvalue weighted by Gasteiger charge is 2.21. The molecule has 5 aromatic rings. The minimum Gasteiger partial charge on any atom is -0.322 e. The fourth-order valence-corrected chi connectivity index (χ4v) is 6.23. The molecular weight excluding hydrogens is 496 g/mol. The number of carbonyl (C=O) groups is 1. The number of hydrogen-bond acceptors (Lipinski definition) is 5. The van der Waals surface area contributed by atoms with E-state index in [1.165, 1.54) is 34.9 Å². The number of aryl methyl sites for hydroxylation is 1. The number of piperazine rings is 1. The number of nitrogens with zero attached hydrogens (tertiary/aromatic N) is 4. The lowest BCUT2D eigenvalue weighted by Crippen LogP contribution is -2.43. The molecule has 1 amide bonds. The van der Waals surface area contributed by atoms with E-state index in [0.29, 0.717) is 5.56 Å². The van der Waals surface area contributed by atoms with Gasteiger partial charge in [0.25, 0.3) is 5.91 Å². The minimum absolute atomic E-state index is 0.0933. The summed E-state index contributed by atoms with van der Waals surface area (Å²) in [6.45, 7) is 5.30. The summed E-state index contributed by atoms with van der Waals surface area (Å²) in [4.78, 5) is 23.0. The first-order valence-electron chi connectivity index (χ1n) is 14.3. The molecule has 1 saturated heterocycles. The van der Waals surface area contributed by atoms with Gasteiger partial charge in [0.2, 0.25) is 0 Å². The van der Waals surface area contributed by atoms with Gasteiger partial charge < -0.3 is 10.2 Å². The fraction of sp³-hybridized carbons (Fsp3) is 0.303. The molecule has 0 radical (unpaired) electrons. The molecule has 7 nitrogen and oxygen atoms in total. The Morgan fingerprint density at radius 3 is 2.42 bits per heavy atom. The maximum absolute atomic E-state index is 13.0. The Hall–Kier alpha value is -4.07. The second-order valence-corrected chi connectivity index (χ2v) is 11.2. The highest BCUT2D eigenvalue weighted by Crippen LogP contribution is 2.38. The molecule has 2 aromatic heterocycles. The molecule has 202 valence electrons. The summed E-state index contributed by atoms with van der Waals surface area (Å²) in [7, 11) is 2.17. The highest BCUT2D eigenvalue weighted by atomic mass is 16.1. The molecule has 1 aliphatic heterocycles. The van der Waals surface area contributed by atoms with Gasteiger partial charge in [0, 0.05) is 60.3 Å². The third-order valence-electron chi connectivity index (χ3n) is 8.52. The lowest BCUT2D eigenvalue weighted by Gasteiger charge is -2.32. The largest absolute Gasteiger partial charge is 0.322 e. The van der Waals surface area contributed by atoms with Crippen molar-refractivity contribution < 1.29 is 4.79 Å². The summed E-state index contributed by atoms with van der Waals surface area (Å²) in [5, 5.41) is 12.8. The molecule has 0 spiro atoms. The molecule has 2 N–H and O–H groups in total. The molecule has 3 heterocycles. The van der Waals surface area contributed by atoms with Crippen molar-refractivity contribution >= 4 is 33.4 Å². The van der Waals surface area contributed by atoms with E-state index in [1.54, 1.807) is 0 Å². The molecule has 0 unspecified atom stereocenters. The lowest BCUT2D eigenvalue weighted by atomic mass is 9.85. The smallest absolute Gasteiger partial charge is 0.255 e. The Labute approximate surface area is 234 Å². The van der Waals surface area contributed by atoms with E-state index in [1.807, 2.05) is 30.5 Å². The zero-order valence-electron chi connectivity index (χ0n) is 22.9. The number of fused-ring (bicyclic) bond motifs is 5. The van der Waals surface area contributed by atoms with Gasteiger partial charge in [-0.15, -0.1) is 0 Å². The van der Waals surface area contributed by atoms with Crippen LogP contribution >= 0.6 is 0 Å². The Morgan fingerprint density at radius 1 is 0.900 bits per heavy atom. The number of hydrogen-bond donors (Lipinski definition) is 2. The van der Waals surface area contributed by atoms with E-state index in [4.69, 9.17) is 4.98 Å². The third-order valence-corrected chi connectivity index (χ3v) is 8.52. The van der Waals surface area contributed by atoms with Crippen LogP contribution in [-0.4, -0.2) is 64.1 Å². The number of H-pyrrole nitrogens is 1. The van der Waals surface area contributed by atoms with Gasteiger partial charge in [-0.25, -0.2) is 4.98 Å². The number of aromatic nitrogens is 3.